The van der Waals surface area contributed by atoms with E-state index in [0.29, 0.717) is 25.7 Å². The SMILES string of the molecule is Cc1ccccc1CN(C[C@H](O)COCC(C)C)C[C@@H]1CCCO1. The van der Waals surface area contributed by atoms with Crippen LogP contribution in [0.15, 0.2) is 24.3 Å². The third-order valence-electron chi connectivity index (χ3n) is 4.37. The second kappa shape index (κ2) is 10.1. The van der Waals surface area contributed by atoms with Gasteiger partial charge < -0.3 is 14.6 Å². The molecule has 0 bridgehead atoms. The molecule has 4 nitrogen and oxygen atoms in total. The second-order valence-corrected chi connectivity index (χ2v) is 7.34. The van der Waals surface area contributed by atoms with Crippen molar-refractivity contribution in [3.05, 3.63) is 35.4 Å². The van der Waals surface area contributed by atoms with Crippen LogP contribution in [0.1, 0.15) is 37.8 Å². The van der Waals surface area contributed by atoms with Gasteiger partial charge in [-0.05, 0) is 36.8 Å². The van der Waals surface area contributed by atoms with Gasteiger partial charge in [0.15, 0.2) is 0 Å². The Morgan fingerprint density at radius 1 is 1.29 bits per heavy atom. The number of nitrogens with zero attached hydrogens (tertiary/aromatic N) is 1. The minimum atomic E-state index is -0.464. The molecule has 1 heterocycles. The molecule has 0 saturated carbocycles. The summed E-state index contributed by atoms with van der Waals surface area (Å²) >= 11 is 0. The van der Waals surface area contributed by atoms with Gasteiger partial charge in [-0.2, -0.15) is 0 Å². The third-order valence-corrected chi connectivity index (χ3v) is 4.37. The molecule has 1 N–H and O–H groups in total. The monoisotopic (exact) mass is 335 g/mol. The summed E-state index contributed by atoms with van der Waals surface area (Å²) in [5.41, 5.74) is 2.60. The fourth-order valence-corrected chi connectivity index (χ4v) is 3.10. The molecule has 1 aromatic rings. The van der Waals surface area contributed by atoms with Gasteiger partial charge >= 0.3 is 0 Å². The summed E-state index contributed by atoms with van der Waals surface area (Å²) in [5.74, 6) is 0.493. The van der Waals surface area contributed by atoms with E-state index in [4.69, 9.17) is 9.47 Å². The van der Waals surface area contributed by atoms with Crippen molar-refractivity contribution in [3.63, 3.8) is 0 Å². The molecular weight excluding hydrogens is 302 g/mol. The van der Waals surface area contributed by atoms with Crippen LogP contribution in [0.5, 0.6) is 0 Å². The van der Waals surface area contributed by atoms with E-state index in [9.17, 15) is 5.11 Å². The Bertz CT molecular complexity index is 472. The van der Waals surface area contributed by atoms with Crippen LogP contribution in [0.2, 0.25) is 0 Å². The third kappa shape index (κ3) is 6.89. The zero-order valence-electron chi connectivity index (χ0n) is 15.4. The first-order valence-corrected chi connectivity index (χ1v) is 9.19. The van der Waals surface area contributed by atoms with Crippen LogP contribution < -0.4 is 0 Å². The van der Waals surface area contributed by atoms with E-state index in [2.05, 4.69) is 49.9 Å². The standard InChI is InChI=1S/C20H33NO3/c1-16(2)14-23-15-19(22)12-21(13-20-9-6-10-24-20)11-18-8-5-4-7-17(18)3/h4-5,7-8,16,19-20,22H,6,9-15H2,1-3H3/t19-,20-/m0/s1. The van der Waals surface area contributed by atoms with E-state index in [1.54, 1.807) is 0 Å². The van der Waals surface area contributed by atoms with Gasteiger partial charge in [-0.3, -0.25) is 4.90 Å². The van der Waals surface area contributed by atoms with E-state index in [0.717, 1.165) is 32.5 Å². The molecule has 2 atom stereocenters. The van der Waals surface area contributed by atoms with E-state index in [-0.39, 0.29) is 6.10 Å². The van der Waals surface area contributed by atoms with Gasteiger partial charge in [-0.25, -0.2) is 0 Å². The highest BCUT2D eigenvalue weighted by Crippen LogP contribution is 2.17. The molecule has 0 aromatic heterocycles. The molecule has 0 amide bonds. The fraction of sp³-hybridized carbons (Fsp3) is 0.700. The Morgan fingerprint density at radius 2 is 2.08 bits per heavy atom. The predicted octanol–water partition coefficient (Wildman–Crippen LogP) is 3.01. The minimum Gasteiger partial charge on any atom is -0.389 e. The minimum absolute atomic E-state index is 0.290. The Balaban J connectivity index is 1.90. The summed E-state index contributed by atoms with van der Waals surface area (Å²) in [6, 6.07) is 8.45. The van der Waals surface area contributed by atoms with E-state index < -0.39 is 6.10 Å². The molecule has 0 radical (unpaired) electrons. The number of ether oxygens (including phenoxy) is 2. The highest BCUT2D eigenvalue weighted by molar-refractivity contribution is 5.25. The van der Waals surface area contributed by atoms with Crippen molar-refractivity contribution >= 4 is 0 Å². The zero-order chi connectivity index (χ0) is 17.4. The lowest BCUT2D eigenvalue weighted by Crippen LogP contribution is -2.39. The maximum absolute atomic E-state index is 10.3. The average molecular weight is 335 g/mol. The van der Waals surface area contributed by atoms with Crippen LogP contribution >= 0.6 is 0 Å². The van der Waals surface area contributed by atoms with Gasteiger partial charge in [0.2, 0.25) is 0 Å². The van der Waals surface area contributed by atoms with Gasteiger partial charge in [-0.15, -0.1) is 0 Å². The average Bonchev–Trinajstić information content (AvgIpc) is 3.02. The van der Waals surface area contributed by atoms with E-state index in [1.165, 1.54) is 11.1 Å². The lowest BCUT2D eigenvalue weighted by Gasteiger charge is -2.28. The van der Waals surface area contributed by atoms with Crippen molar-refractivity contribution in [1.82, 2.24) is 4.90 Å². The normalized spacial score (nSPS) is 19.3. The summed E-state index contributed by atoms with van der Waals surface area (Å²) in [6.07, 6.45) is 2.08. The van der Waals surface area contributed by atoms with Crippen molar-refractivity contribution in [2.75, 3.05) is 32.9 Å². The van der Waals surface area contributed by atoms with Crippen LogP contribution in [0.25, 0.3) is 0 Å². The molecule has 1 aromatic carbocycles. The van der Waals surface area contributed by atoms with Gasteiger partial charge in [0.25, 0.3) is 0 Å². The molecule has 2 rings (SSSR count). The quantitative estimate of drug-likeness (QED) is 0.714. The fourth-order valence-electron chi connectivity index (χ4n) is 3.10. The number of hydrogen-bond acceptors (Lipinski definition) is 4. The number of aryl methyl sites for hydroxylation is 1. The van der Waals surface area contributed by atoms with Crippen molar-refractivity contribution in [3.8, 4) is 0 Å². The summed E-state index contributed by atoms with van der Waals surface area (Å²) in [7, 11) is 0. The molecule has 4 heteroatoms. The van der Waals surface area contributed by atoms with Gasteiger partial charge in [0.05, 0.1) is 18.8 Å². The summed E-state index contributed by atoms with van der Waals surface area (Å²) in [6.45, 7) is 10.7. The maximum Gasteiger partial charge on any atom is 0.0900 e. The number of benzene rings is 1. The maximum atomic E-state index is 10.3. The summed E-state index contributed by atoms with van der Waals surface area (Å²) in [5, 5.41) is 10.3. The predicted molar refractivity (Wildman–Crippen MR) is 97.1 cm³/mol. The van der Waals surface area contributed by atoms with Crippen molar-refractivity contribution < 1.29 is 14.6 Å². The number of aliphatic hydroxyl groups excluding tert-OH is 1. The first-order chi connectivity index (χ1) is 11.5. The van der Waals surface area contributed by atoms with Gasteiger partial charge in [0.1, 0.15) is 0 Å². The van der Waals surface area contributed by atoms with Crippen molar-refractivity contribution in [1.29, 1.82) is 0 Å². The number of aliphatic hydroxyl groups is 1. The number of hydrogen-bond donors (Lipinski definition) is 1. The molecule has 24 heavy (non-hydrogen) atoms. The van der Waals surface area contributed by atoms with Crippen molar-refractivity contribution in [2.24, 2.45) is 5.92 Å². The lowest BCUT2D eigenvalue weighted by molar-refractivity contribution is -0.00394. The van der Waals surface area contributed by atoms with Crippen LogP contribution in [-0.4, -0.2) is 55.1 Å². The van der Waals surface area contributed by atoms with E-state index >= 15 is 0 Å². The summed E-state index contributed by atoms with van der Waals surface area (Å²) in [4.78, 5) is 2.31. The molecule has 0 unspecified atom stereocenters. The molecular formula is C20H33NO3. The highest BCUT2D eigenvalue weighted by Gasteiger charge is 2.21. The highest BCUT2D eigenvalue weighted by atomic mass is 16.5. The van der Waals surface area contributed by atoms with E-state index in [1.807, 2.05) is 0 Å². The lowest BCUT2D eigenvalue weighted by atomic mass is 10.1. The van der Waals surface area contributed by atoms with Crippen molar-refractivity contribution in [2.45, 2.75) is 52.4 Å². The largest absolute Gasteiger partial charge is 0.389 e. The van der Waals surface area contributed by atoms with Crippen LogP contribution in [0.3, 0.4) is 0 Å². The molecule has 136 valence electrons. The smallest absolute Gasteiger partial charge is 0.0900 e. The molecule has 1 aliphatic rings. The Labute approximate surface area is 146 Å². The molecule has 0 aliphatic carbocycles. The van der Waals surface area contributed by atoms with Gasteiger partial charge in [-0.1, -0.05) is 38.1 Å². The molecule has 1 fully saturated rings. The Morgan fingerprint density at radius 3 is 2.75 bits per heavy atom. The Kier molecular flexibility index (Phi) is 8.19. The number of rotatable bonds is 10. The molecule has 1 saturated heterocycles. The molecule has 1 aliphatic heterocycles. The zero-order valence-corrected chi connectivity index (χ0v) is 15.4. The Hall–Kier alpha value is -0.940. The topological polar surface area (TPSA) is 41.9 Å². The van der Waals surface area contributed by atoms with Gasteiger partial charge in [0, 0.05) is 32.8 Å². The van der Waals surface area contributed by atoms with Crippen LogP contribution in [-0.2, 0) is 16.0 Å². The molecule has 0 spiro atoms. The first kappa shape index (κ1) is 19.4. The first-order valence-electron chi connectivity index (χ1n) is 9.19. The van der Waals surface area contributed by atoms with Crippen LogP contribution in [0, 0.1) is 12.8 Å². The summed E-state index contributed by atoms with van der Waals surface area (Å²) < 4.78 is 11.4. The second-order valence-electron chi connectivity index (χ2n) is 7.34. The van der Waals surface area contributed by atoms with Crippen LogP contribution in [0.4, 0.5) is 0 Å².